The van der Waals surface area contributed by atoms with Crippen LogP contribution in [0.1, 0.15) is 48.9 Å². The normalized spacial score (nSPS) is 18.5. The number of benzene rings is 4. The van der Waals surface area contributed by atoms with Gasteiger partial charge < -0.3 is 31.1 Å². The molecule has 0 saturated carbocycles. The van der Waals surface area contributed by atoms with Crippen LogP contribution in [0.3, 0.4) is 0 Å². The van der Waals surface area contributed by atoms with Crippen LogP contribution < -0.4 is 16.4 Å². The van der Waals surface area contributed by atoms with Crippen molar-refractivity contribution < 1.29 is 24.0 Å². The maximum atomic E-state index is 14.8. The van der Waals surface area contributed by atoms with Crippen molar-refractivity contribution in [1.29, 1.82) is 0 Å². The highest BCUT2D eigenvalue weighted by atomic mass is 35.5. The minimum Gasteiger partial charge on any atom is -0.370 e. The number of primary amides is 2. The van der Waals surface area contributed by atoms with E-state index in [1.807, 2.05) is 73.7 Å². The Morgan fingerprint density at radius 3 is 2.21 bits per heavy atom. The van der Waals surface area contributed by atoms with Gasteiger partial charge in [-0.2, -0.15) is 0 Å². The van der Waals surface area contributed by atoms with E-state index >= 15 is 0 Å². The Bertz CT molecular complexity index is 1990. The lowest BCUT2D eigenvalue weighted by atomic mass is 9.96. The number of nitrogens with two attached hydrogens (primary N) is 2. The molecule has 3 atom stereocenters. The molecular weight excluding hydrogens is 692 g/mol. The summed E-state index contributed by atoms with van der Waals surface area (Å²) in [4.78, 5) is 72.9. The number of rotatable bonds is 11. The van der Waals surface area contributed by atoms with Gasteiger partial charge in [0, 0.05) is 68.7 Å². The number of amides is 5. The summed E-state index contributed by atoms with van der Waals surface area (Å²) >= 11 is 6.44. The summed E-state index contributed by atoms with van der Waals surface area (Å²) < 4.78 is 0. The third-order valence-electron chi connectivity index (χ3n) is 10.4. The maximum absolute atomic E-state index is 14.8. The predicted molar refractivity (Wildman–Crippen MR) is 205 cm³/mol. The van der Waals surface area contributed by atoms with E-state index in [9.17, 15) is 24.0 Å². The molecule has 0 spiro atoms. The predicted octanol–water partition coefficient (Wildman–Crippen LogP) is 4.24. The van der Waals surface area contributed by atoms with Gasteiger partial charge in [-0.15, -0.1) is 0 Å². The highest BCUT2D eigenvalue weighted by Gasteiger charge is 2.43. The maximum Gasteiger partial charge on any atom is 0.250 e. The van der Waals surface area contributed by atoms with E-state index in [0.717, 1.165) is 27.6 Å². The first-order chi connectivity index (χ1) is 25.5. The van der Waals surface area contributed by atoms with Crippen molar-refractivity contribution in [2.24, 2.45) is 11.5 Å². The Hall–Kier alpha value is -5.42. The van der Waals surface area contributed by atoms with Gasteiger partial charge in [0.2, 0.25) is 23.6 Å². The van der Waals surface area contributed by atoms with Crippen molar-refractivity contribution in [3.8, 4) is 0 Å². The third kappa shape index (κ3) is 8.63. The number of piperazine rings is 1. The molecule has 4 N–H and O–H groups in total. The van der Waals surface area contributed by atoms with E-state index in [1.54, 1.807) is 39.0 Å². The van der Waals surface area contributed by atoms with Crippen LogP contribution in [0.15, 0.2) is 91.0 Å². The molecular formula is C41H45ClN6O5. The fourth-order valence-corrected chi connectivity index (χ4v) is 7.72. The Kier molecular flexibility index (Phi) is 11.6. The van der Waals surface area contributed by atoms with Crippen LogP contribution in [0.25, 0.3) is 10.8 Å². The quantitative estimate of drug-likeness (QED) is 0.235. The molecule has 4 aromatic rings. The van der Waals surface area contributed by atoms with Crippen LogP contribution in [0.2, 0.25) is 5.02 Å². The zero-order chi connectivity index (χ0) is 37.6. The monoisotopic (exact) mass is 736 g/mol. The average Bonchev–Trinajstić information content (AvgIpc) is 3.28. The molecule has 0 radical (unpaired) electrons. The van der Waals surface area contributed by atoms with Crippen LogP contribution in [0.5, 0.6) is 0 Å². The number of fused-ring (bicyclic) bond motifs is 1. The van der Waals surface area contributed by atoms with E-state index in [-0.39, 0.29) is 56.0 Å². The zero-order valence-electron chi connectivity index (χ0n) is 29.8. The lowest BCUT2D eigenvalue weighted by molar-refractivity contribution is -0.148. The number of hydrogen-bond donors (Lipinski definition) is 2. The second kappa shape index (κ2) is 16.5. The number of carbonyl (C=O) groups excluding carboxylic acids is 5. The first-order valence-corrected chi connectivity index (χ1v) is 18.4. The standard InChI is InChI=1S/C41H45ClN6O5/c1-27-18-19-47(35(40(44)52)26-30-8-4-7-29-6-2-3-11-34(29)30)41(53)39(31-9-5-10-32(42)25-31)48(27)38(51)24-28-12-14-33(15-13-28)45-20-22-46(23-21-45)37(50)17-16-36(43)49/h2-15,25,27,35,39H,16-24,26H2,1H3,(H2,43,49)(H2,44,52). The van der Waals surface area contributed by atoms with Crippen molar-refractivity contribution in [1.82, 2.24) is 14.7 Å². The van der Waals surface area contributed by atoms with Gasteiger partial charge in [0.1, 0.15) is 12.1 Å². The number of anilines is 1. The molecule has 276 valence electrons. The molecule has 3 unspecified atom stereocenters. The molecule has 2 aliphatic heterocycles. The second-order valence-corrected chi connectivity index (χ2v) is 14.3. The molecule has 0 aromatic heterocycles. The van der Waals surface area contributed by atoms with Crippen LogP contribution >= 0.6 is 11.6 Å². The number of nitrogens with zero attached hydrogens (tertiary/aromatic N) is 4. The summed E-state index contributed by atoms with van der Waals surface area (Å²) in [5, 5.41) is 2.44. The average molecular weight is 737 g/mol. The van der Waals surface area contributed by atoms with Crippen molar-refractivity contribution in [3.63, 3.8) is 0 Å². The highest BCUT2D eigenvalue weighted by molar-refractivity contribution is 6.30. The molecule has 11 nitrogen and oxygen atoms in total. The summed E-state index contributed by atoms with van der Waals surface area (Å²) in [5.74, 6) is -1.78. The summed E-state index contributed by atoms with van der Waals surface area (Å²) in [7, 11) is 0. The van der Waals surface area contributed by atoms with Gasteiger partial charge in [-0.25, -0.2) is 0 Å². The van der Waals surface area contributed by atoms with E-state index in [0.29, 0.717) is 43.2 Å². The largest absolute Gasteiger partial charge is 0.370 e. The molecule has 4 aromatic carbocycles. The van der Waals surface area contributed by atoms with E-state index < -0.39 is 23.9 Å². The van der Waals surface area contributed by atoms with Crippen molar-refractivity contribution in [2.75, 3.05) is 37.6 Å². The van der Waals surface area contributed by atoms with Crippen molar-refractivity contribution in [3.05, 3.63) is 113 Å². The molecule has 0 bridgehead atoms. The second-order valence-electron chi connectivity index (χ2n) is 13.9. The zero-order valence-corrected chi connectivity index (χ0v) is 30.6. The van der Waals surface area contributed by atoms with Gasteiger partial charge in [0.15, 0.2) is 0 Å². The fourth-order valence-electron chi connectivity index (χ4n) is 7.52. The lowest BCUT2D eigenvalue weighted by Gasteiger charge is -2.36. The first-order valence-electron chi connectivity index (χ1n) is 18.0. The summed E-state index contributed by atoms with van der Waals surface area (Å²) in [6, 6.07) is 26.2. The first kappa shape index (κ1) is 37.3. The number of hydrogen-bond acceptors (Lipinski definition) is 6. The molecule has 5 amide bonds. The number of halogens is 1. The SMILES string of the molecule is CC1CCN(C(Cc2cccc3ccccc23)C(N)=O)C(=O)C(c2cccc(Cl)c2)N1C(=O)Cc1ccc(N2CCN(C(=O)CCC(N)=O)CC2)cc1. The molecule has 6 rings (SSSR count). The Morgan fingerprint density at radius 1 is 0.811 bits per heavy atom. The minimum atomic E-state index is -1.02. The van der Waals surface area contributed by atoms with Crippen LogP contribution in [-0.2, 0) is 36.8 Å². The van der Waals surface area contributed by atoms with E-state index in [2.05, 4.69) is 4.90 Å². The van der Waals surface area contributed by atoms with Crippen molar-refractivity contribution >= 4 is 57.6 Å². The smallest absolute Gasteiger partial charge is 0.250 e. The van der Waals surface area contributed by atoms with Gasteiger partial charge in [0.05, 0.1) is 6.42 Å². The summed E-state index contributed by atoms with van der Waals surface area (Å²) in [6.45, 7) is 4.53. The van der Waals surface area contributed by atoms with Gasteiger partial charge >= 0.3 is 0 Å². The topological polar surface area (TPSA) is 150 Å². The molecule has 0 aliphatic carbocycles. The Labute approximate surface area is 314 Å². The Morgan fingerprint density at radius 2 is 1.51 bits per heavy atom. The van der Waals surface area contributed by atoms with Crippen LogP contribution in [-0.4, -0.2) is 89.0 Å². The minimum absolute atomic E-state index is 0.0431. The van der Waals surface area contributed by atoms with Crippen LogP contribution in [0.4, 0.5) is 5.69 Å². The van der Waals surface area contributed by atoms with Crippen molar-refractivity contribution in [2.45, 2.75) is 57.2 Å². The summed E-state index contributed by atoms with van der Waals surface area (Å²) in [5.41, 5.74) is 14.5. The lowest BCUT2D eigenvalue weighted by Crippen LogP contribution is -2.52. The fraction of sp³-hybridized carbons (Fsp3) is 0.341. The van der Waals surface area contributed by atoms with E-state index in [4.69, 9.17) is 23.1 Å². The van der Waals surface area contributed by atoms with E-state index in [1.165, 1.54) is 0 Å². The third-order valence-corrected chi connectivity index (χ3v) is 10.6. The molecule has 2 heterocycles. The Balaban J connectivity index is 1.21. The van der Waals surface area contributed by atoms with Gasteiger partial charge in [-0.3, -0.25) is 24.0 Å². The highest BCUT2D eigenvalue weighted by Crippen LogP contribution is 2.34. The molecule has 2 fully saturated rings. The summed E-state index contributed by atoms with van der Waals surface area (Å²) in [6.07, 6.45) is 0.907. The van der Waals surface area contributed by atoms with Gasteiger partial charge in [0.25, 0.3) is 5.91 Å². The van der Waals surface area contributed by atoms with Gasteiger partial charge in [-0.1, -0.05) is 78.3 Å². The number of carbonyl (C=O) groups is 5. The van der Waals surface area contributed by atoms with Crippen LogP contribution in [0, 0.1) is 0 Å². The molecule has 2 saturated heterocycles. The van der Waals surface area contributed by atoms with Gasteiger partial charge in [-0.05, 0) is 65.1 Å². The molecule has 12 heteroatoms. The molecule has 53 heavy (non-hydrogen) atoms. The molecule has 2 aliphatic rings.